The van der Waals surface area contributed by atoms with Gasteiger partial charge in [0.25, 0.3) is 5.89 Å². The van der Waals surface area contributed by atoms with Crippen LogP contribution in [0.3, 0.4) is 0 Å². The maximum Gasteiger partial charge on any atom is 0.276 e. The Kier molecular flexibility index (Phi) is 2.78. The minimum absolute atomic E-state index is 0.425. The molecule has 17 heavy (non-hydrogen) atoms. The van der Waals surface area contributed by atoms with Crippen LogP contribution in [-0.2, 0) is 6.54 Å². The molecule has 1 aliphatic rings. The van der Waals surface area contributed by atoms with Gasteiger partial charge in [-0.3, -0.25) is 0 Å². The van der Waals surface area contributed by atoms with Crippen LogP contribution in [0.15, 0.2) is 22.9 Å². The molecule has 0 saturated heterocycles. The molecule has 0 bridgehead atoms. The molecular formula is C11H11ClN4O. The number of hydrogen-bond acceptors (Lipinski definition) is 5. The number of nitrogens with zero attached hydrogens (tertiary/aromatic N) is 3. The van der Waals surface area contributed by atoms with Crippen molar-refractivity contribution in [2.24, 2.45) is 0 Å². The van der Waals surface area contributed by atoms with Gasteiger partial charge >= 0.3 is 0 Å². The smallest absolute Gasteiger partial charge is 0.276 e. The third-order valence-electron chi connectivity index (χ3n) is 2.54. The van der Waals surface area contributed by atoms with Crippen LogP contribution >= 0.6 is 11.6 Å². The lowest BCUT2D eigenvalue weighted by Gasteiger charge is -1.95. The SMILES string of the molecule is Clc1ccc(-c2nc(CNC3CC3)no2)nc1. The van der Waals surface area contributed by atoms with Crippen molar-refractivity contribution in [2.45, 2.75) is 25.4 Å². The third kappa shape index (κ3) is 2.62. The quantitative estimate of drug-likeness (QED) is 0.900. The first-order chi connectivity index (χ1) is 8.31. The van der Waals surface area contributed by atoms with E-state index in [2.05, 4.69) is 20.4 Å². The summed E-state index contributed by atoms with van der Waals surface area (Å²) >= 11 is 5.76. The van der Waals surface area contributed by atoms with Gasteiger partial charge in [-0.25, -0.2) is 4.98 Å². The van der Waals surface area contributed by atoms with Gasteiger partial charge in [0.1, 0.15) is 5.69 Å². The van der Waals surface area contributed by atoms with E-state index in [0.29, 0.717) is 35.0 Å². The van der Waals surface area contributed by atoms with Gasteiger partial charge in [0, 0.05) is 12.2 Å². The van der Waals surface area contributed by atoms with Crippen molar-refractivity contribution in [1.82, 2.24) is 20.4 Å². The van der Waals surface area contributed by atoms with E-state index in [0.717, 1.165) is 0 Å². The standard InChI is InChI=1S/C11H11ClN4O/c12-7-1-4-9(14-5-7)11-15-10(16-17-11)6-13-8-2-3-8/h1,4-5,8,13H,2-3,6H2. The zero-order valence-corrected chi connectivity index (χ0v) is 9.81. The summed E-state index contributed by atoms with van der Waals surface area (Å²) in [4.78, 5) is 8.38. The van der Waals surface area contributed by atoms with E-state index in [9.17, 15) is 0 Å². The van der Waals surface area contributed by atoms with E-state index < -0.39 is 0 Å². The van der Waals surface area contributed by atoms with Crippen LogP contribution in [0.1, 0.15) is 18.7 Å². The molecule has 0 atom stereocenters. The predicted molar refractivity (Wildman–Crippen MR) is 62.4 cm³/mol. The molecule has 1 aliphatic carbocycles. The Labute approximate surface area is 103 Å². The number of nitrogens with one attached hydrogen (secondary N) is 1. The highest BCUT2D eigenvalue weighted by Crippen LogP contribution is 2.20. The lowest BCUT2D eigenvalue weighted by Crippen LogP contribution is -2.16. The molecule has 0 spiro atoms. The Morgan fingerprint density at radius 1 is 1.41 bits per heavy atom. The molecule has 0 radical (unpaired) electrons. The fraction of sp³-hybridized carbons (Fsp3) is 0.364. The first-order valence-electron chi connectivity index (χ1n) is 5.49. The first kappa shape index (κ1) is 10.7. The largest absolute Gasteiger partial charge is 0.332 e. The lowest BCUT2D eigenvalue weighted by atomic mass is 10.3. The van der Waals surface area contributed by atoms with Crippen LogP contribution in [-0.4, -0.2) is 21.2 Å². The van der Waals surface area contributed by atoms with Gasteiger partial charge in [-0.05, 0) is 25.0 Å². The van der Waals surface area contributed by atoms with Crippen molar-refractivity contribution in [2.75, 3.05) is 0 Å². The summed E-state index contributed by atoms with van der Waals surface area (Å²) in [5.41, 5.74) is 0.638. The molecule has 0 aliphatic heterocycles. The molecule has 1 saturated carbocycles. The van der Waals surface area contributed by atoms with E-state index >= 15 is 0 Å². The Morgan fingerprint density at radius 2 is 2.29 bits per heavy atom. The Hall–Kier alpha value is -1.46. The molecule has 2 aromatic heterocycles. The van der Waals surface area contributed by atoms with Crippen molar-refractivity contribution >= 4 is 11.6 Å². The molecular weight excluding hydrogens is 240 g/mol. The van der Waals surface area contributed by atoms with E-state index in [4.69, 9.17) is 16.1 Å². The van der Waals surface area contributed by atoms with Crippen molar-refractivity contribution in [3.63, 3.8) is 0 Å². The molecule has 88 valence electrons. The van der Waals surface area contributed by atoms with Crippen LogP contribution < -0.4 is 5.32 Å². The fourth-order valence-electron chi connectivity index (χ4n) is 1.46. The van der Waals surface area contributed by atoms with E-state index in [-0.39, 0.29) is 0 Å². The van der Waals surface area contributed by atoms with E-state index in [1.54, 1.807) is 18.3 Å². The lowest BCUT2D eigenvalue weighted by molar-refractivity contribution is 0.418. The first-order valence-corrected chi connectivity index (χ1v) is 5.87. The van der Waals surface area contributed by atoms with Gasteiger partial charge < -0.3 is 9.84 Å². The Balaban J connectivity index is 1.72. The van der Waals surface area contributed by atoms with Gasteiger partial charge in [0.2, 0.25) is 0 Å². The maximum absolute atomic E-state index is 5.76. The summed E-state index contributed by atoms with van der Waals surface area (Å²) in [5, 5.41) is 7.80. The Morgan fingerprint density at radius 3 is 3.00 bits per heavy atom. The summed E-state index contributed by atoms with van der Waals surface area (Å²) in [6.07, 6.45) is 4.04. The molecule has 2 heterocycles. The molecule has 2 aromatic rings. The molecule has 1 fully saturated rings. The second-order valence-corrected chi connectivity index (χ2v) is 4.47. The highest BCUT2D eigenvalue weighted by molar-refractivity contribution is 6.30. The Bertz CT molecular complexity index is 506. The van der Waals surface area contributed by atoms with Gasteiger partial charge in [0.15, 0.2) is 5.82 Å². The van der Waals surface area contributed by atoms with E-state index in [1.165, 1.54) is 12.8 Å². The zero-order chi connectivity index (χ0) is 11.7. The summed E-state index contributed by atoms with van der Waals surface area (Å²) in [7, 11) is 0. The summed E-state index contributed by atoms with van der Waals surface area (Å²) < 4.78 is 5.14. The monoisotopic (exact) mass is 250 g/mol. The topological polar surface area (TPSA) is 63.8 Å². The number of hydrogen-bond donors (Lipinski definition) is 1. The molecule has 1 N–H and O–H groups in total. The summed E-state index contributed by atoms with van der Waals surface area (Å²) in [6, 6.07) is 4.13. The van der Waals surface area contributed by atoms with Crippen LogP contribution in [0.2, 0.25) is 5.02 Å². The van der Waals surface area contributed by atoms with Crippen LogP contribution in [0.25, 0.3) is 11.6 Å². The number of pyridine rings is 1. The zero-order valence-electron chi connectivity index (χ0n) is 9.06. The second kappa shape index (κ2) is 4.43. The number of rotatable bonds is 4. The van der Waals surface area contributed by atoms with Crippen LogP contribution in [0.5, 0.6) is 0 Å². The molecule has 6 heteroatoms. The molecule has 3 rings (SSSR count). The van der Waals surface area contributed by atoms with Gasteiger partial charge in [-0.2, -0.15) is 4.98 Å². The highest BCUT2D eigenvalue weighted by Gasteiger charge is 2.21. The van der Waals surface area contributed by atoms with Crippen molar-refractivity contribution < 1.29 is 4.52 Å². The normalized spacial score (nSPS) is 15.1. The number of aromatic nitrogens is 3. The summed E-state index contributed by atoms with van der Waals surface area (Å²) in [6.45, 7) is 0.641. The average molecular weight is 251 g/mol. The van der Waals surface area contributed by atoms with Crippen LogP contribution in [0.4, 0.5) is 0 Å². The van der Waals surface area contributed by atoms with Crippen molar-refractivity contribution in [3.8, 4) is 11.6 Å². The highest BCUT2D eigenvalue weighted by atomic mass is 35.5. The third-order valence-corrected chi connectivity index (χ3v) is 2.76. The van der Waals surface area contributed by atoms with Crippen LogP contribution in [0, 0.1) is 0 Å². The molecule has 0 unspecified atom stereocenters. The molecule has 0 aromatic carbocycles. The molecule has 5 nitrogen and oxygen atoms in total. The molecule has 0 amide bonds. The van der Waals surface area contributed by atoms with Crippen molar-refractivity contribution in [1.29, 1.82) is 0 Å². The minimum atomic E-state index is 0.425. The number of halogens is 1. The van der Waals surface area contributed by atoms with E-state index in [1.807, 2.05) is 0 Å². The second-order valence-electron chi connectivity index (χ2n) is 4.03. The minimum Gasteiger partial charge on any atom is -0.332 e. The van der Waals surface area contributed by atoms with Gasteiger partial charge in [0.05, 0.1) is 11.6 Å². The fourth-order valence-corrected chi connectivity index (χ4v) is 1.57. The average Bonchev–Trinajstić information content (AvgIpc) is 3.06. The summed E-state index contributed by atoms with van der Waals surface area (Å²) in [5.74, 6) is 1.08. The van der Waals surface area contributed by atoms with Crippen molar-refractivity contribution in [3.05, 3.63) is 29.2 Å². The maximum atomic E-state index is 5.76. The van der Waals surface area contributed by atoms with Gasteiger partial charge in [-0.1, -0.05) is 16.8 Å². The van der Waals surface area contributed by atoms with Gasteiger partial charge in [-0.15, -0.1) is 0 Å². The predicted octanol–water partition coefficient (Wildman–Crippen LogP) is 2.04.